The molecule has 0 bridgehead atoms. The van der Waals surface area contributed by atoms with Gasteiger partial charge in [0.1, 0.15) is 0 Å². The van der Waals surface area contributed by atoms with Crippen molar-refractivity contribution in [2.24, 2.45) is 0 Å². The molecule has 21 heavy (non-hydrogen) atoms. The molecule has 0 spiro atoms. The van der Waals surface area contributed by atoms with E-state index in [0.29, 0.717) is 11.3 Å². The Kier molecular flexibility index (Phi) is 4.77. The number of nitrogens with zero attached hydrogens (tertiary/aromatic N) is 3. The smallest absolute Gasteiger partial charge is 0.348 e. The van der Waals surface area contributed by atoms with E-state index in [2.05, 4.69) is 9.88 Å². The molecule has 6 heteroatoms. The van der Waals surface area contributed by atoms with Crippen LogP contribution in [0, 0.1) is 13.8 Å². The van der Waals surface area contributed by atoms with Crippen LogP contribution in [0.2, 0.25) is 0 Å². The van der Waals surface area contributed by atoms with E-state index in [1.165, 1.54) is 12.8 Å². The van der Waals surface area contributed by atoms with Crippen LogP contribution in [0.15, 0.2) is 4.79 Å². The minimum Gasteiger partial charge on any atom is -0.481 e. The van der Waals surface area contributed by atoms with Crippen molar-refractivity contribution in [1.29, 1.82) is 0 Å². The average Bonchev–Trinajstić information content (AvgIpc) is 2.86. The first-order chi connectivity index (χ1) is 9.90. The summed E-state index contributed by atoms with van der Waals surface area (Å²) in [6.45, 7) is 8.45. The maximum absolute atomic E-state index is 12.2. The minimum atomic E-state index is -0.902. The highest BCUT2D eigenvalue weighted by Gasteiger charge is 2.20. The number of likely N-dealkylation sites (tertiary alicyclic amines) is 1. The first-order valence-electron chi connectivity index (χ1n) is 7.43. The summed E-state index contributed by atoms with van der Waals surface area (Å²) in [5, 5.41) is 9.02. The molecule has 1 aromatic rings. The number of rotatable bonds is 5. The van der Waals surface area contributed by atoms with Gasteiger partial charge in [0, 0.05) is 29.5 Å². The van der Waals surface area contributed by atoms with Crippen molar-refractivity contribution in [1.82, 2.24) is 14.5 Å². The van der Waals surface area contributed by atoms with E-state index in [9.17, 15) is 9.59 Å². The molecule has 0 aromatic carbocycles. The molecule has 0 aliphatic carbocycles. The monoisotopic (exact) mass is 293 g/mol. The van der Waals surface area contributed by atoms with Crippen molar-refractivity contribution in [2.75, 3.05) is 19.6 Å². The molecule has 1 N–H and O–H groups in total. The Hall–Kier alpha value is -1.69. The highest BCUT2D eigenvalue weighted by atomic mass is 16.4. The summed E-state index contributed by atoms with van der Waals surface area (Å²) in [5.74, 6) is -0.902. The second kappa shape index (κ2) is 6.39. The molecule has 0 saturated carbocycles. The van der Waals surface area contributed by atoms with E-state index < -0.39 is 5.97 Å². The van der Waals surface area contributed by atoms with Crippen LogP contribution in [-0.2, 0) is 11.2 Å². The molecule has 1 aliphatic heterocycles. The SMILES string of the molecule is Cc1nc(=O)n(C(C)CN2CCCC2)c(C)c1CC(=O)O. The fraction of sp³-hybridized carbons (Fsp3) is 0.667. The Balaban J connectivity index is 2.33. The number of carbonyl (C=O) groups is 1. The van der Waals surface area contributed by atoms with Crippen LogP contribution in [-0.4, -0.2) is 45.2 Å². The predicted octanol–water partition coefficient (Wildman–Crippen LogP) is 1.14. The summed E-state index contributed by atoms with van der Waals surface area (Å²) < 4.78 is 1.64. The molecule has 0 amide bonds. The van der Waals surface area contributed by atoms with Gasteiger partial charge in [0.05, 0.1) is 6.42 Å². The number of aliphatic carboxylic acids is 1. The van der Waals surface area contributed by atoms with Gasteiger partial charge in [0.25, 0.3) is 0 Å². The quantitative estimate of drug-likeness (QED) is 0.881. The number of carboxylic acids is 1. The average molecular weight is 293 g/mol. The molecule has 1 aromatic heterocycles. The summed E-state index contributed by atoms with van der Waals surface area (Å²) in [6, 6.07) is -0.00348. The zero-order valence-electron chi connectivity index (χ0n) is 12.9. The molecule has 116 valence electrons. The van der Waals surface area contributed by atoms with Crippen molar-refractivity contribution in [2.45, 2.75) is 46.1 Å². The zero-order valence-corrected chi connectivity index (χ0v) is 12.9. The normalized spacial score (nSPS) is 17.1. The zero-order chi connectivity index (χ0) is 15.6. The lowest BCUT2D eigenvalue weighted by Gasteiger charge is -2.24. The predicted molar refractivity (Wildman–Crippen MR) is 79.7 cm³/mol. The first kappa shape index (κ1) is 15.7. The topological polar surface area (TPSA) is 75.4 Å². The number of aryl methyl sites for hydroxylation is 1. The summed E-state index contributed by atoms with van der Waals surface area (Å²) >= 11 is 0. The van der Waals surface area contributed by atoms with Crippen molar-refractivity contribution >= 4 is 5.97 Å². The summed E-state index contributed by atoms with van der Waals surface area (Å²) in [7, 11) is 0. The molecule has 1 unspecified atom stereocenters. The van der Waals surface area contributed by atoms with Gasteiger partial charge >= 0.3 is 11.7 Å². The van der Waals surface area contributed by atoms with E-state index >= 15 is 0 Å². The highest BCUT2D eigenvalue weighted by molar-refractivity contribution is 5.70. The largest absolute Gasteiger partial charge is 0.481 e. The van der Waals surface area contributed by atoms with Crippen LogP contribution in [0.5, 0.6) is 0 Å². The van der Waals surface area contributed by atoms with Gasteiger partial charge in [-0.3, -0.25) is 9.36 Å². The van der Waals surface area contributed by atoms with Crippen LogP contribution in [0.4, 0.5) is 0 Å². The van der Waals surface area contributed by atoms with E-state index in [1.807, 2.05) is 13.8 Å². The van der Waals surface area contributed by atoms with Gasteiger partial charge in [-0.15, -0.1) is 0 Å². The fourth-order valence-corrected chi connectivity index (χ4v) is 3.16. The Morgan fingerprint density at radius 1 is 1.33 bits per heavy atom. The van der Waals surface area contributed by atoms with Crippen LogP contribution in [0.25, 0.3) is 0 Å². The molecular formula is C15H23N3O3. The van der Waals surface area contributed by atoms with Crippen LogP contribution >= 0.6 is 0 Å². The van der Waals surface area contributed by atoms with Crippen molar-refractivity contribution < 1.29 is 9.90 Å². The van der Waals surface area contributed by atoms with Crippen LogP contribution < -0.4 is 5.69 Å². The standard InChI is InChI=1S/C15H23N3O3/c1-10(9-17-6-4-5-7-17)18-12(3)13(8-14(19)20)11(2)16-15(18)21/h10H,4-9H2,1-3H3,(H,19,20). The van der Waals surface area contributed by atoms with Crippen molar-refractivity contribution in [3.8, 4) is 0 Å². The molecular weight excluding hydrogens is 270 g/mol. The van der Waals surface area contributed by atoms with Gasteiger partial charge < -0.3 is 10.0 Å². The third-order valence-corrected chi connectivity index (χ3v) is 4.19. The Bertz CT molecular complexity index is 589. The Labute approximate surface area is 124 Å². The lowest BCUT2D eigenvalue weighted by molar-refractivity contribution is -0.136. The Morgan fingerprint density at radius 2 is 1.95 bits per heavy atom. The molecule has 2 rings (SSSR count). The summed E-state index contributed by atoms with van der Waals surface area (Å²) in [5.41, 5.74) is 1.60. The van der Waals surface area contributed by atoms with Crippen LogP contribution in [0.3, 0.4) is 0 Å². The number of hydrogen-bond acceptors (Lipinski definition) is 4. The van der Waals surface area contributed by atoms with Crippen LogP contribution in [0.1, 0.15) is 42.8 Å². The van der Waals surface area contributed by atoms with Gasteiger partial charge in [-0.2, -0.15) is 4.98 Å². The van der Waals surface area contributed by atoms with Crippen molar-refractivity contribution in [3.63, 3.8) is 0 Å². The van der Waals surface area contributed by atoms with Gasteiger partial charge in [-0.25, -0.2) is 4.79 Å². The molecule has 6 nitrogen and oxygen atoms in total. The first-order valence-corrected chi connectivity index (χ1v) is 7.43. The lowest BCUT2D eigenvalue weighted by atomic mass is 10.1. The second-order valence-corrected chi connectivity index (χ2v) is 5.84. The summed E-state index contributed by atoms with van der Waals surface area (Å²) in [6.07, 6.45) is 2.31. The maximum Gasteiger partial charge on any atom is 0.348 e. The van der Waals surface area contributed by atoms with E-state index in [-0.39, 0.29) is 18.2 Å². The van der Waals surface area contributed by atoms with Gasteiger partial charge in [0.15, 0.2) is 0 Å². The van der Waals surface area contributed by atoms with Crippen molar-refractivity contribution in [3.05, 3.63) is 27.4 Å². The number of aromatic nitrogens is 2. The minimum absolute atomic E-state index is 0.00348. The van der Waals surface area contributed by atoms with Gasteiger partial charge in [-0.05, 0) is 46.7 Å². The molecule has 1 saturated heterocycles. The fourth-order valence-electron chi connectivity index (χ4n) is 3.16. The lowest BCUT2D eigenvalue weighted by Crippen LogP contribution is -2.36. The number of carboxylic acid groups (broad SMARTS) is 1. The number of hydrogen-bond donors (Lipinski definition) is 1. The third-order valence-electron chi connectivity index (χ3n) is 4.19. The third kappa shape index (κ3) is 3.50. The molecule has 1 fully saturated rings. The second-order valence-electron chi connectivity index (χ2n) is 5.84. The molecule has 2 heterocycles. The van der Waals surface area contributed by atoms with E-state index in [0.717, 1.165) is 25.3 Å². The highest BCUT2D eigenvalue weighted by Crippen LogP contribution is 2.17. The molecule has 1 atom stereocenters. The van der Waals surface area contributed by atoms with Gasteiger partial charge in [-0.1, -0.05) is 0 Å². The maximum atomic E-state index is 12.2. The van der Waals surface area contributed by atoms with Gasteiger partial charge in [0.2, 0.25) is 0 Å². The summed E-state index contributed by atoms with van der Waals surface area (Å²) in [4.78, 5) is 29.5. The van der Waals surface area contributed by atoms with E-state index in [4.69, 9.17) is 5.11 Å². The molecule has 0 radical (unpaired) electrons. The van der Waals surface area contributed by atoms with E-state index in [1.54, 1.807) is 11.5 Å². The Morgan fingerprint density at radius 3 is 2.52 bits per heavy atom. The molecule has 1 aliphatic rings.